The highest BCUT2D eigenvalue weighted by atomic mass is 16.1. The zero-order chi connectivity index (χ0) is 14.4. The topological polar surface area (TPSA) is 82.2 Å². The molecule has 0 aliphatic rings. The lowest BCUT2D eigenvalue weighted by atomic mass is 10.2. The first-order valence-electron chi connectivity index (χ1n) is 6.17. The number of nitrogens with one attached hydrogen (secondary N) is 2. The van der Waals surface area contributed by atoms with E-state index in [1.165, 1.54) is 5.01 Å². The third-order valence-corrected chi connectivity index (χ3v) is 2.86. The number of carbonyl (C=O) groups is 1. The Bertz CT molecular complexity index is 581. The average molecular weight is 268 g/mol. The Morgan fingerprint density at radius 1 is 1.15 bits per heavy atom. The van der Waals surface area contributed by atoms with Crippen LogP contribution >= 0.6 is 0 Å². The highest BCUT2D eigenvalue weighted by Gasteiger charge is 2.04. The summed E-state index contributed by atoms with van der Waals surface area (Å²) in [6, 6.07) is 16.4. The van der Waals surface area contributed by atoms with E-state index in [0.29, 0.717) is 12.1 Å². The summed E-state index contributed by atoms with van der Waals surface area (Å²) >= 11 is 0. The van der Waals surface area contributed by atoms with E-state index < -0.39 is 0 Å². The van der Waals surface area contributed by atoms with Gasteiger partial charge in [-0.2, -0.15) is 0 Å². The summed E-state index contributed by atoms with van der Waals surface area (Å²) in [7, 11) is 0. The SMILES string of the molecule is N=CN(N)c1ccc(CNC(=O)c2ccccc2)cc1. The molecule has 0 spiro atoms. The molecule has 0 aliphatic heterocycles. The van der Waals surface area contributed by atoms with E-state index in [0.717, 1.165) is 17.6 Å². The molecule has 0 atom stereocenters. The molecule has 2 aromatic carbocycles. The maximum absolute atomic E-state index is 11.9. The van der Waals surface area contributed by atoms with E-state index in [4.69, 9.17) is 11.3 Å². The van der Waals surface area contributed by atoms with E-state index in [-0.39, 0.29) is 5.91 Å². The molecule has 0 radical (unpaired) electrons. The molecule has 1 amide bonds. The number of anilines is 1. The maximum Gasteiger partial charge on any atom is 0.251 e. The molecule has 2 aromatic rings. The van der Waals surface area contributed by atoms with Crippen LogP contribution in [0.15, 0.2) is 54.6 Å². The predicted octanol–water partition coefficient (Wildman–Crippen LogP) is 1.90. The molecule has 0 unspecified atom stereocenters. The van der Waals surface area contributed by atoms with Crippen molar-refractivity contribution in [3.8, 4) is 0 Å². The highest BCUT2D eigenvalue weighted by molar-refractivity contribution is 5.94. The van der Waals surface area contributed by atoms with Gasteiger partial charge in [0.1, 0.15) is 6.34 Å². The zero-order valence-corrected chi connectivity index (χ0v) is 10.9. The van der Waals surface area contributed by atoms with Crippen molar-refractivity contribution in [1.82, 2.24) is 5.32 Å². The van der Waals surface area contributed by atoms with Crippen molar-refractivity contribution in [2.24, 2.45) is 5.84 Å². The van der Waals surface area contributed by atoms with Crippen LogP contribution in [-0.4, -0.2) is 12.2 Å². The first kappa shape index (κ1) is 13.8. The Kier molecular flexibility index (Phi) is 4.47. The number of hydrazine groups is 1. The van der Waals surface area contributed by atoms with Crippen LogP contribution in [0.3, 0.4) is 0 Å². The predicted molar refractivity (Wildman–Crippen MR) is 79.5 cm³/mol. The highest BCUT2D eigenvalue weighted by Crippen LogP contribution is 2.11. The minimum atomic E-state index is -0.102. The molecule has 5 nitrogen and oxygen atoms in total. The lowest BCUT2D eigenvalue weighted by Gasteiger charge is -2.12. The largest absolute Gasteiger partial charge is 0.348 e. The normalized spacial score (nSPS) is 9.85. The molecule has 0 aliphatic carbocycles. The number of nitrogens with zero attached hydrogens (tertiary/aromatic N) is 1. The molecule has 0 fully saturated rings. The molecular formula is C15H16N4O. The Labute approximate surface area is 117 Å². The summed E-state index contributed by atoms with van der Waals surface area (Å²) in [5.74, 6) is 5.46. The third kappa shape index (κ3) is 3.43. The maximum atomic E-state index is 11.9. The van der Waals surface area contributed by atoms with Gasteiger partial charge in [-0.05, 0) is 29.8 Å². The van der Waals surface area contributed by atoms with Crippen LogP contribution in [0.25, 0.3) is 0 Å². The van der Waals surface area contributed by atoms with Gasteiger partial charge in [-0.25, -0.2) is 5.84 Å². The van der Waals surface area contributed by atoms with Gasteiger partial charge in [0.15, 0.2) is 0 Å². The summed E-state index contributed by atoms with van der Waals surface area (Å²) in [5, 5.41) is 11.1. The molecule has 2 rings (SSSR count). The quantitative estimate of drug-likeness (QED) is 0.335. The van der Waals surface area contributed by atoms with Crippen LogP contribution in [-0.2, 0) is 6.54 Å². The van der Waals surface area contributed by atoms with Gasteiger partial charge in [-0.3, -0.25) is 15.2 Å². The van der Waals surface area contributed by atoms with E-state index in [9.17, 15) is 4.79 Å². The van der Waals surface area contributed by atoms with E-state index in [1.807, 2.05) is 30.3 Å². The molecule has 20 heavy (non-hydrogen) atoms. The van der Waals surface area contributed by atoms with E-state index in [2.05, 4.69) is 5.32 Å². The number of hydrogen-bond acceptors (Lipinski definition) is 3. The summed E-state index contributed by atoms with van der Waals surface area (Å²) in [6.07, 6.45) is 1.03. The Morgan fingerprint density at radius 3 is 2.40 bits per heavy atom. The molecule has 4 N–H and O–H groups in total. The second-order valence-corrected chi connectivity index (χ2v) is 4.25. The number of carbonyl (C=O) groups excluding carboxylic acids is 1. The van der Waals surface area contributed by atoms with Gasteiger partial charge in [-0.15, -0.1) is 0 Å². The average Bonchev–Trinajstić information content (AvgIpc) is 2.53. The van der Waals surface area contributed by atoms with E-state index in [1.54, 1.807) is 24.3 Å². The first-order chi connectivity index (χ1) is 9.70. The van der Waals surface area contributed by atoms with Gasteiger partial charge in [0.2, 0.25) is 0 Å². The van der Waals surface area contributed by atoms with Gasteiger partial charge in [0, 0.05) is 12.1 Å². The van der Waals surface area contributed by atoms with Gasteiger partial charge in [-0.1, -0.05) is 30.3 Å². The van der Waals surface area contributed by atoms with Crippen LogP contribution in [0.4, 0.5) is 5.69 Å². The molecule has 0 heterocycles. The van der Waals surface area contributed by atoms with Gasteiger partial charge in [0.05, 0.1) is 5.69 Å². The molecule has 5 heteroatoms. The van der Waals surface area contributed by atoms with E-state index >= 15 is 0 Å². The van der Waals surface area contributed by atoms with Crippen molar-refractivity contribution in [3.63, 3.8) is 0 Å². The minimum absolute atomic E-state index is 0.102. The van der Waals surface area contributed by atoms with Gasteiger partial charge < -0.3 is 5.32 Å². The van der Waals surface area contributed by atoms with Crippen molar-refractivity contribution in [1.29, 1.82) is 5.41 Å². The van der Waals surface area contributed by atoms with Crippen molar-refractivity contribution in [2.75, 3.05) is 5.01 Å². The van der Waals surface area contributed by atoms with Crippen molar-refractivity contribution >= 4 is 17.9 Å². The molecule has 0 saturated heterocycles. The van der Waals surface area contributed by atoms with Gasteiger partial charge >= 0.3 is 0 Å². The monoisotopic (exact) mass is 268 g/mol. The minimum Gasteiger partial charge on any atom is -0.348 e. The molecule has 0 bridgehead atoms. The van der Waals surface area contributed by atoms with Crippen LogP contribution in [0, 0.1) is 5.41 Å². The Hall–Kier alpha value is -2.66. The summed E-state index contributed by atoms with van der Waals surface area (Å²) in [4.78, 5) is 11.9. The smallest absolute Gasteiger partial charge is 0.251 e. The fraction of sp³-hybridized carbons (Fsp3) is 0.0667. The zero-order valence-electron chi connectivity index (χ0n) is 10.9. The Morgan fingerprint density at radius 2 is 1.80 bits per heavy atom. The molecular weight excluding hydrogens is 252 g/mol. The van der Waals surface area contributed by atoms with Crippen LogP contribution in [0.5, 0.6) is 0 Å². The van der Waals surface area contributed by atoms with Gasteiger partial charge in [0.25, 0.3) is 5.91 Å². The summed E-state index contributed by atoms with van der Waals surface area (Å²) in [5.41, 5.74) is 2.33. The lowest BCUT2D eigenvalue weighted by Crippen LogP contribution is -2.28. The second-order valence-electron chi connectivity index (χ2n) is 4.25. The number of benzene rings is 2. The van der Waals surface area contributed by atoms with Crippen LogP contribution in [0.1, 0.15) is 15.9 Å². The second kappa shape index (κ2) is 6.49. The summed E-state index contributed by atoms with van der Waals surface area (Å²) in [6.45, 7) is 0.448. The fourth-order valence-electron chi connectivity index (χ4n) is 1.73. The number of amides is 1. The molecule has 0 aromatic heterocycles. The standard InChI is InChI=1S/C15H16N4O/c16-11-19(17)14-8-6-12(7-9-14)10-18-15(20)13-4-2-1-3-5-13/h1-9,11,16H,10,17H2,(H,18,20). The van der Waals surface area contributed by atoms with Crippen molar-refractivity contribution < 1.29 is 4.79 Å². The number of rotatable bonds is 5. The molecule has 0 saturated carbocycles. The first-order valence-corrected chi connectivity index (χ1v) is 6.17. The van der Waals surface area contributed by atoms with Crippen molar-refractivity contribution in [3.05, 3.63) is 65.7 Å². The summed E-state index contributed by atoms with van der Waals surface area (Å²) < 4.78 is 0. The van der Waals surface area contributed by atoms with Crippen molar-refractivity contribution in [2.45, 2.75) is 6.54 Å². The lowest BCUT2D eigenvalue weighted by molar-refractivity contribution is 0.0951. The molecule has 102 valence electrons. The fourth-order valence-corrected chi connectivity index (χ4v) is 1.73. The van der Waals surface area contributed by atoms with Crippen LogP contribution in [0.2, 0.25) is 0 Å². The number of hydrogen-bond donors (Lipinski definition) is 3. The third-order valence-electron chi connectivity index (χ3n) is 2.86. The number of nitrogens with two attached hydrogens (primary N) is 1. The Balaban J connectivity index is 1.94. The van der Waals surface area contributed by atoms with Crippen LogP contribution < -0.4 is 16.2 Å².